The molecule has 45 heavy (non-hydrogen) atoms. The lowest BCUT2D eigenvalue weighted by Crippen LogP contribution is -3.00. The van der Waals surface area contributed by atoms with Crippen LogP contribution in [0.2, 0.25) is 0 Å². The van der Waals surface area contributed by atoms with Crippen molar-refractivity contribution in [1.29, 1.82) is 0 Å². The second-order valence-electron chi connectivity index (χ2n) is 11.1. The van der Waals surface area contributed by atoms with Gasteiger partial charge in [-0.1, -0.05) is 18.2 Å². The number of methoxy groups -OCH3 is 2. The standard InChI is InChI=1S/C35H28N3O6.ClH/c1-41-31-9-7-25-27(13-20-4-3-5-22(12-20)30-15-23-14-24(38(39)40)6-8-29(23)36-30)34-26-17-33-32(43-19-44-33)16-21(26)10-11-37(34)18-28(25)35(31)42-2;/h3-9,12,14-18,36H,10-11,13,19H2,1-2H3;1H/q+1;/p-1. The molecule has 0 unspecified atom stereocenters. The van der Waals surface area contributed by atoms with Crippen LogP contribution in [0.25, 0.3) is 44.2 Å². The number of hydrogen-bond donors (Lipinski definition) is 1. The highest BCUT2D eigenvalue weighted by molar-refractivity contribution is 5.95. The van der Waals surface area contributed by atoms with Crippen LogP contribution < -0.4 is 35.9 Å². The zero-order valence-corrected chi connectivity index (χ0v) is 25.3. The number of aryl methyl sites for hydroxylation is 2. The van der Waals surface area contributed by atoms with E-state index in [9.17, 15) is 10.1 Å². The van der Waals surface area contributed by atoms with Gasteiger partial charge in [0.2, 0.25) is 12.5 Å². The molecular formula is C35H28ClN3O6. The molecule has 9 nitrogen and oxygen atoms in total. The van der Waals surface area contributed by atoms with Crippen molar-refractivity contribution in [3.63, 3.8) is 0 Å². The SMILES string of the molecule is COc1ccc2c(Cc3cccc(-c4cc5cc([N+](=O)[O-])ccc5[nH]4)c3)c3[n+](cc2c1OC)CCc1cc2c(cc1-3)OCO2.[Cl-]. The minimum Gasteiger partial charge on any atom is -1.00 e. The maximum atomic E-state index is 11.3. The van der Waals surface area contributed by atoms with E-state index >= 15 is 0 Å². The van der Waals surface area contributed by atoms with Crippen molar-refractivity contribution in [2.45, 2.75) is 19.4 Å². The van der Waals surface area contributed by atoms with Gasteiger partial charge in [-0.2, -0.15) is 4.57 Å². The predicted molar refractivity (Wildman–Crippen MR) is 166 cm³/mol. The van der Waals surface area contributed by atoms with Gasteiger partial charge in [0.15, 0.2) is 35.7 Å². The molecule has 0 spiro atoms. The lowest BCUT2D eigenvalue weighted by atomic mass is 9.88. The highest BCUT2D eigenvalue weighted by atomic mass is 35.5. The first kappa shape index (κ1) is 28.5. The van der Waals surface area contributed by atoms with Crippen LogP contribution in [0, 0.1) is 10.1 Å². The Morgan fingerprint density at radius 2 is 1.80 bits per heavy atom. The summed E-state index contributed by atoms with van der Waals surface area (Å²) in [6, 6.07) is 23.6. The minimum absolute atomic E-state index is 0. The number of nitrogens with zero attached hydrogens (tertiary/aromatic N) is 2. The number of ether oxygens (including phenoxy) is 4. The molecule has 2 aliphatic rings. The van der Waals surface area contributed by atoms with Gasteiger partial charge >= 0.3 is 0 Å². The maximum absolute atomic E-state index is 11.3. The van der Waals surface area contributed by atoms with Crippen LogP contribution in [0.15, 0.2) is 79.0 Å². The number of nitro benzene ring substituents is 1. The Morgan fingerprint density at radius 3 is 2.60 bits per heavy atom. The van der Waals surface area contributed by atoms with E-state index in [4.69, 9.17) is 18.9 Å². The van der Waals surface area contributed by atoms with Crippen molar-refractivity contribution in [2.24, 2.45) is 0 Å². The molecular weight excluding hydrogens is 594 g/mol. The van der Waals surface area contributed by atoms with Gasteiger partial charge in [0.05, 0.1) is 30.1 Å². The maximum Gasteiger partial charge on any atom is 0.270 e. The molecule has 4 heterocycles. The van der Waals surface area contributed by atoms with Gasteiger partial charge in [0.25, 0.3) is 5.69 Å². The third-order valence-corrected chi connectivity index (χ3v) is 8.68. The van der Waals surface area contributed by atoms with Gasteiger partial charge in [0.1, 0.15) is 0 Å². The predicted octanol–water partition coefficient (Wildman–Crippen LogP) is 3.75. The van der Waals surface area contributed by atoms with E-state index in [1.54, 1.807) is 26.4 Å². The normalized spacial score (nSPS) is 12.8. The fourth-order valence-corrected chi connectivity index (χ4v) is 6.63. The molecule has 0 bridgehead atoms. The molecule has 0 aliphatic carbocycles. The fourth-order valence-electron chi connectivity index (χ4n) is 6.63. The number of nitrogens with one attached hydrogen (secondary N) is 1. The van der Waals surface area contributed by atoms with Crippen molar-refractivity contribution < 1.29 is 40.8 Å². The zero-order valence-electron chi connectivity index (χ0n) is 24.6. The first-order valence-corrected chi connectivity index (χ1v) is 14.4. The first-order chi connectivity index (χ1) is 21.5. The second-order valence-corrected chi connectivity index (χ2v) is 11.1. The highest BCUT2D eigenvalue weighted by Gasteiger charge is 2.32. The molecule has 2 aromatic heterocycles. The van der Waals surface area contributed by atoms with Crippen LogP contribution in [0.3, 0.4) is 0 Å². The van der Waals surface area contributed by atoms with E-state index in [0.717, 1.165) is 74.2 Å². The fraction of sp³-hybridized carbons (Fsp3) is 0.171. The van der Waals surface area contributed by atoms with Crippen LogP contribution in [-0.4, -0.2) is 30.9 Å². The van der Waals surface area contributed by atoms with Crippen LogP contribution in [0.1, 0.15) is 16.7 Å². The minimum atomic E-state index is -0.369. The number of hydrogen-bond acceptors (Lipinski definition) is 6. The molecule has 0 amide bonds. The Hall–Kier alpha value is -5.28. The summed E-state index contributed by atoms with van der Waals surface area (Å²) in [4.78, 5) is 14.4. The van der Waals surface area contributed by atoms with Gasteiger partial charge in [-0.3, -0.25) is 10.1 Å². The molecule has 1 N–H and O–H groups in total. The molecule has 0 saturated heterocycles. The number of nitro groups is 1. The quantitative estimate of drug-likeness (QED) is 0.173. The number of rotatable bonds is 6. The van der Waals surface area contributed by atoms with E-state index < -0.39 is 0 Å². The van der Waals surface area contributed by atoms with Crippen molar-refractivity contribution in [1.82, 2.24) is 4.98 Å². The molecule has 2 aliphatic heterocycles. The number of halogens is 1. The van der Waals surface area contributed by atoms with E-state index in [1.807, 2.05) is 12.1 Å². The molecule has 8 rings (SSSR count). The smallest absolute Gasteiger partial charge is 0.270 e. The van der Waals surface area contributed by atoms with Gasteiger partial charge in [-0.25, -0.2) is 0 Å². The largest absolute Gasteiger partial charge is 1.00 e. The Bertz CT molecular complexity index is 2160. The number of benzene rings is 4. The lowest BCUT2D eigenvalue weighted by Gasteiger charge is -2.21. The van der Waals surface area contributed by atoms with E-state index in [-0.39, 0.29) is 29.8 Å². The molecule has 6 aromatic rings. The van der Waals surface area contributed by atoms with Crippen molar-refractivity contribution >= 4 is 27.4 Å². The summed E-state index contributed by atoms with van der Waals surface area (Å²) in [5.41, 5.74) is 8.66. The van der Waals surface area contributed by atoms with Crippen molar-refractivity contribution in [2.75, 3.05) is 21.0 Å². The lowest BCUT2D eigenvalue weighted by molar-refractivity contribution is -0.686. The number of non-ortho nitro benzene ring substituents is 1. The average Bonchev–Trinajstić information content (AvgIpc) is 3.69. The Morgan fingerprint density at radius 1 is 0.956 bits per heavy atom. The second kappa shape index (κ2) is 11.0. The van der Waals surface area contributed by atoms with E-state index in [2.05, 4.69) is 58.2 Å². The number of fused-ring (bicyclic) bond motifs is 6. The summed E-state index contributed by atoms with van der Waals surface area (Å²) in [7, 11) is 3.33. The van der Waals surface area contributed by atoms with Crippen LogP contribution in [0.5, 0.6) is 23.0 Å². The van der Waals surface area contributed by atoms with E-state index in [0.29, 0.717) is 17.9 Å². The third-order valence-electron chi connectivity index (χ3n) is 8.68. The van der Waals surface area contributed by atoms with Crippen LogP contribution in [-0.2, 0) is 19.4 Å². The molecule has 4 aromatic carbocycles. The highest BCUT2D eigenvalue weighted by Crippen LogP contribution is 2.44. The Kier molecular flexibility index (Phi) is 6.97. The number of aromatic amines is 1. The number of aromatic nitrogens is 2. The summed E-state index contributed by atoms with van der Waals surface area (Å²) in [5, 5.41) is 14.2. The topological polar surface area (TPSA) is 99.7 Å². The van der Waals surface area contributed by atoms with Crippen molar-refractivity contribution in [3.8, 4) is 45.5 Å². The van der Waals surface area contributed by atoms with Crippen LogP contribution in [0.4, 0.5) is 5.69 Å². The molecule has 0 radical (unpaired) electrons. The molecule has 0 atom stereocenters. The number of pyridine rings is 1. The Balaban J connectivity index is 0.00000325. The summed E-state index contributed by atoms with van der Waals surface area (Å²) in [5.74, 6) is 2.95. The monoisotopic (exact) mass is 621 g/mol. The summed E-state index contributed by atoms with van der Waals surface area (Å²) >= 11 is 0. The van der Waals surface area contributed by atoms with E-state index in [1.165, 1.54) is 17.2 Å². The molecule has 226 valence electrons. The van der Waals surface area contributed by atoms with Gasteiger partial charge in [-0.15, -0.1) is 0 Å². The summed E-state index contributed by atoms with van der Waals surface area (Å²) < 4.78 is 25.4. The number of H-pyrrole nitrogens is 1. The average molecular weight is 622 g/mol. The van der Waals surface area contributed by atoms with Crippen LogP contribution >= 0.6 is 0 Å². The summed E-state index contributed by atoms with van der Waals surface area (Å²) in [6.45, 7) is 1.04. The zero-order chi connectivity index (χ0) is 29.9. The van der Waals surface area contributed by atoms with Gasteiger partial charge < -0.3 is 36.3 Å². The summed E-state index contributed by atoms with van der Waals surface area (Å²) in [6.07, 6.45) is 3.70. The molecule has 0 saturated carbocycles. The van der Waals surface area contributed by atoms with Crippen molar-refractivity contribution in [3.05, 3.63) is 106 Å². The molecule has 0 fully saturated rings. The third kappa shape index (κ3) is 4.67. The Labute approximate surface area is 264 Å². The molecule has 10 heteroatoms. The van der Waals surface area contributed by atoms with Gasteiger partial charge in [-0.05, 0) is 59.2 Å². The first-order valence-electron chi connectivity index (χ1n) is 14.4. The van der Waals surface area contributed by atoms with Gasteiger partial charge in [0, 0.05) is 52.5 Å².